The maximum Gasteiger partial charge on any atom is 0.253 e. The first-order chi connectivity index (χ1) is 18.0. The van der Waals surface area contributed by atoms with E-state index in [1.807, 2.05) is 48.5 Å². The van der Waals surface area contributed by atoms with Crippen molar-refractivity contribution in [1.82, 2.24) is 10.2 Å². The molecule has 0 aromatic heterocycles. The fourth-order valence-electron chi connectivity index (χ4n) is 4.92. The Hall–Kier alpha value is -3.42. The smallest absolute Gasteiger partial charge is 0.253 e. The first-order valence-electron chi connectivity index (χ1n) is 12.4. The van der Waals surface area contributed by atoms with Crippen LogP contribution in [0.1, 0.15) is 34.3 Å². The molecule has 37 heavy (non-hydrogen) atoms. The van der Waals surface area contributed by atoms with Crippen molar-refractivity contribution in [1.29, 1.82) is 0 Å². The lowest BCUT2D eigenvalue weighted by atomic mass is 9.94. The van der Waals surface area contributed by atoms with E-state index in [0.717, 1.165) is 55.1 Å². The van der Waals surface area contributed by atoms with Gasteiger partial charge in [0.05, 0.1) is 30.3 Å². The molecule has 2 bridgehead atoms. The Bertz CT molecular complexity index is 1240. The van der Waals surface area contributed by atoms with E-state index in [-0.39, 0.29) is 23.1 Å². The van der Waals surface area contributed by atoms with Gasteiger partial charge in [0.25, 0.3) is 5.91 Å². The minimum atomic E-state index is -0.190. The predicted octanol–water partition coefficient (Wildman–Crippen LogP) is 5.09. The molecular weight excluding hydrogens is 492 g/mol. The zero-order chi connectivity index (χ0) is 25.8. The molecule has 1 N–H and O–H groups in total. The van der Waals surface area contributed by atoms with Crippen LogP contribution in [0.25, 0.3) is 0 Å². The quantitative estimate of drug-likeness (QED) is 0.400. The molecule has 2 aliphatic heterocycles. The second kappa shape index (κ2) is 10.9. The van der Waals surface area contributed by atoms with Crippen LogP contribution in [-0.4, -0.2) is 50.2 Å². The van der Waals surface area contributed by atoms with Gasteiger partial charge in [-0.25, -0.2) is 0 Å². The van der Waals surface area contributed by atoms with Crippen molar-refractivity contribution in [3.05, 3.63) is 82.4 Å². The molecule has 0 spiro atoms. The maximum atomic E-state index is 13.3. The van der Waals surface area contributed by atoms with Gasteiger partial charge in [0, 0.05) is 19.6 Å². The van der Waals surface area contributed by atoms with E-state index in [1.165, 1.54) is 0 Å². The van der Waals surface area contributed by atoms with Gasteiger partial charge in [0.15, 0.2) is 11.5 Å². The van der Waals surface area contributed by atoms with Gasteiger partial charge in [-0.1, -0.05) is 35.9 Å². The van der Waals surface area contributed by atoms with Crippen molar-refractivity contribution >= 4 is 17.5 Å². The van der Waals surface area contributed by atoms with Crippen molar-refractivity contribution in [3.8, 4) is 23.0 Å². The number of fused-ring (bicyclic) bond motifs is 2. The largest absolute Gasteiger partial charge is 0.497 e. The Labute approximate surface area is 222 Å². The SMILES string of the molecule is COc1ccc(COc2ccc(C(=O)NC34CCN(CC3)C4)c(Cl)c2OCc2ccc(OC)cc2)cc1. The van der Waals surface area contributed by atoms with Gasteiger partial charge < -0.3 is 29.2 Å². The highest BCUT2D eigenvalue weighted by Gasteiger charge is 2.44. The molecule has 0 unspecified atom stereocenters. The zero-order valence-corrected chi connectivity index (χ0v) is 21.8. The number of nitrogens with zero attached hydrogens (tertiary/aromatic N) is 1. The molecule has 7 nitrogen and oxygen atoms in total. The molecule has 1 amide bonds. The minimum Gasteiger partial charge on any atom is -0.497 e. The van der Waals surface area contributed by atoms with Gasteiger partial charge >= 0.3 is 0 Å². The number of benzene rings is 3. The van der Waals surface area contributed by atoms with Crippen LogP contribution < -0.4 is 24.3 Å². The molecule has 2 heterocycles. The minimum absolute atomic E-state index is 0.173. The van der Waals surface area contributed by atoms with Crippen molar-refractivity contribution in [2.45, 2.75) is 31.6 Å². The summed E-state index contributed by atoms with van der Waals surface area (Å²) < 4.78 is 22.7. The Kier molecular flexibility index (Phi) is 7.44. The first kappa shape index (κ1) is 25.2. The fourth-order valence-corrected chi connectivity index (χ4v) is 5.22. The summed E-state index contributed by atoms with van der Waals surface area (Å²) in [6.07, 6.45) is 1.92. The molecule has 8 heteroatoms. The second-order valence-electron chi connectivity index (χ2n) is 9.54. The number of piperidine rings is 1. The molecule has 0 aliphatic carbocycles. The molecule has 2 fully saturated rings. The predicted molar refractivity (Wildman–Crippen MR) is 142 cm³/mol. The van der Waals surface area contributed by atoms with Crippen molar-refractivity contribution in [3.63, 3.8) is 0 Å². The third-order valence-corrected chi connectivity index (χ3v) is 7.49. The van der Waals surface area contributed by atoms with Crippen molar-refractivity contribution in [2.75, 3.05) is 33.9 Å². The molecule has 3 aromatic rings. The van der Waals surface area contributed by atoms with Crippen LogP contribution >= 0.6 is 11.6 Å². The highest BCUT2D eigenvalue weighted by molar-refractivity contribution is 6.35. The lowest BCUT2D eigenvalue weighted by Gasteiger charge is -2.27. The third kappa shape index (κ3) is 5.63. The molecule has 2 saturated heterocycles. The Balaban J connectivity index is 1.37. The maximum absolute atomic E-state index is 13.3. The lowest BCUT2D eigenvalue weighted by molar-refractivity contribution is 0.0907. The van der Waals surface area contributed by atoms with Crippen LogP contribution in [0.15, 0.2) is 60.7 Å². The van der Waals surface area contributed by atoms with E-state index in [2.05, 4.69) is 10.2 Å². The van der Waals surface area contributed by atoms with Crippen LogP contribution in [0.3, 0.4) is 0 Å². The Morgan fingerprint density at radius 3 is 1.95 bits per heavy atom. The molecule has 3 aromatic carbocycles. The summed E-state index contributed by atoms with van der Waals surface area (Å²) >= 11 is 6.82. The lowest BCUT2D eigenvalue weighted by Crippen LogP contribution is -2.47. The summed E-state index contributed by atoms with van der Waals surface area (Å²) in [5.74, 6) is 2.16. The molecule has 0 radical (unpaired) electrons. The monoisotopic (exact) mass is 522 g/mol. The van der Waals surface area contributed by atoms with Crippen LogP contribution in [0.4, 0.5) is 0 Å². The van der Waals surface area contributed by atoms with Gasteiger partial charge in [-0.3, -0.25) is 4.79 Å². The summed E-state index contributed by atoms with van der Waals surface area (Å²) in [5.41, 5.74) is 2.10. The Morgan fingerprint density at radius 2 is 1.43 bits per heavy atom. The van der Waals surface area contributed by atoms with Crippen LogP contribution in [-0.2, 0) is 13.2 Å². The van der Waals surface area contributed by atoms with E-state index in [0.29, 0.717) is 23.7 Å². The summed E-state index contributed by atoms with van der Waals surface area (Å²) in [5, 5.41) is 3.49. The molecular formula is C29H31ClN2O5. The standard InChI is InChI=1S/C29H31ClN2O5/c1-34-22-7-3-20(4-8-22)17-36-25-12-11-24(28(33)31-29-13-15-32(19-29)16-14-29)26(30)27(25)37-18-21-5-9-23(35-2)10-6-21/h3-12H,13-19H2,1-2H3,(H,31,33). The first-order valence-corrected chi connectivity index (χ1v) is 12.8. The van der Waals surface area contributed by atoms with Gasteiger partial charge in [-0.2, -0.15) is 0 Å². The van der Waals surface area contributed by atoms with Gasteiger partial charge in [0.1, 0.15) is 24.7 Å². The van der Waals surface area contributed by atoms with Crippen LogP contribution in [0, 0.1) is 0 Å². The van der Waals surface area contributed by atoms with Gasteiger partial charge in [-0.05, 0) is 60.4 Å². The Morgan fingerprint density at radius 1 is 0.865 bits per heavy atom. The summed E-state index contributed by atoms with van der Waals surface area (Å²) in [4.78, 5) is 15.7. The van der Waals surface area contributed by atoms with Crippen LogP contribution in [0.2, 0.25) is 5.02 Å². The number of carbonyl (C=O) groups excluding carboxylic acids is 1. The third-order valence-electron chi connectivity index (χ3n) is 7.12. The number of halogens is 1. The van der Waals surface area contributed by atoms with Crippen molar-refractivity contribution in [2.24, 2.45) is 0 Å². The molecule has 2 aliphatic rings. The highest BCUT2D eigenvalue weighted by atomic mass is 35.5. The number of rotatable bonds is 10. The average molecular weight is 523 g/mol. The number of ether oxygens (including phenoxy) is 4. The number of amides is 1. The zero-order valence-electron chi connectivity index (χ0n) is 21.1. The normalized spacial score (nSPS) is 19.9. The molecule has 5 rings (SSSR count). The highest BCUT2D eigenvalue weighted by Crippen LogP contribution is 2.40. The number of hydrogen-bond donors (Lipinski definition) is 1. The summed E-state index contributed by atoms with van der Waals surface area (Å²) in [6, 6.07) is 18.7. The van der Waals surface area contributed by atoms with E-state index in [4.69, 9.17) is 30.5 Å². The fraction of sp³-hybridized carbons (Fsp3) is 0.345. The average Bonchev–Trinajstić information content (AvgIpc) is 3.52. The van der Waals surface area contributed by atoms with E-state index in [9.17, 15) is 4.79 Å². The number of methoxy groups -OCH3 is 2. The van der Waals surface area contributed by atoms with E-state index in [1.54, 1.807) is 26.4 Å². The molecule has 0 saturated carbocycles. The van der Waals surface area contributed by atoms with Crippen molar-refractivity contribution < 1.29 is 23.7 Å². The number of nitrogens with one attached hydrogen (secondary N) is 1. The number of carbonyl (C=O) groups is 1. The molecule has 0 atom stereocenters. The summed E-state index contributed by atoms with van der Waals surface area (Å²) in [7, 11) is 3.26. The van der Waals surface area contributed by atoms with E-state index < -0.39 is 0 Å². The van der Waals surface area contributed by atoms with E-state index >= 15 is 0 Å². The van der Waals surface area contributed by atoms with Crippen LogP contribution in [0.5, 0.6) is 23.0 Å². The van der Waals surface area contributed by atoms with Gasteiger partial charge in [-0.15, -0.1) is 0 Å². The summed E-state index contributed by atoms with van der Waals surface area (Å²) in [6.45, 7) is 3.49. The second-order valence-corrected chi connectivity index (χ2v) is 9.92. The number of hydrogen-bond acceptors (Lipinski definition) is 6. The van der Waals surface area contributed by atoms with Gasteiger partial charge in [0.2, 0.25) is 0 Å². The topological polar surface area (TPSA) is 69.3 Å². The molecule has 194 valence electrons.